The maximum Gasteiger partial charge on any atom is 0.260 e. The summed E-state index contributed by atoms with van der Waals surface area (Å²) in [6.07, 6.45) is 3.47. The molecule has 0 bridgehead atoms. The van der Waals surface area contributed by atoms with E-state index in [1.54, 1.807) is 6.20 Å². The van der Waals surface area contributed by atoms with Crippen molar-refractivity contribution in [1.82, 2.24) is 14.9 Å². The molecule has 0 atom stereocenters. The fourth-order valence-corrected chi connectivity index (χ4v) is 4.34. The molecule has 0 spiro atoms. The molecule has 1 N–H and O–H groups in total. The number of amides is 1. The van der Waals surface area contributed by atoms with Gasteiger partial charge >= 0.3 is 0 Å². The zero-order valence-electron chi connectivity index (χ0n) is 20.5. The Kier molecular flexibility index (Phi) is 7.34. The minimum absolute atomic E-state index is 0.115. The minimum atomic E-state index is -0.936. The van der Waals surface area contributed by atoms with Crippen LogP contribution in [0.4, 0.5) is 8.78 Å². The molecule has 0 saturated heterocycles. The quantitative estimate of drug-likeness (QED) is 0.493. The van der Waals surface area contributed by atoms with Crippen LogP contribution in [0.3, 0.4) is 0 Å². The van der Waals surface area contributed by atoms with Crippen LogP contribution in [0.5, 0.6) is 0 Å². The number of nitrogens with one attached hydrogen (secondary N) is 1. The Morgan fingerprint density at radius 1 is 1.18 bits per heavy atom. The molecular weight excluding hydrogens is 436 g/mol. The Labute approximate surface area is 198 Å². The molecule has 1 amide bonds. The number of ketones is 1. The highest BCUT2D eigenvalue weighted by molar-refractivity contribution is 6.22. The molecule has 0 aliphatic carbocycles. The van der Waals surface area contributed by atoms with Crippen molar-refractivity contribution in [2.75, 3.05) is 6.54 Å². The zero-order valence-corrected chi connectivity index (χ0v) is 20.5. The van der Waals surface area contributed by atoms with Crippen molar-refractivity contribution in [3.05, 3.63) is 71.2 Å². The molecule has 3 aromatic rings. The summed E-state index contributed by atoms with van der Waals surface area (Å²) in [6.45, 7) is 12.0. The summed E-state index contributed by atoms with van der Waals surface area (Å²) in [6, 6.07) is 6.63. The van der Waals surface area contributed by atoms with Crippen molar-refractivity contribution in [3.8, 4) is 0 Å². The highest BCUT2D eigenvalue weighted by Gasteiger charge is 2.37. The van der Waals surface area contributed by atoms with Crippen LogP contribution in [0.1, 0.15) is 69.6 Å². The summed E-state index contributed by atoms with van der Waals surface area (Å²) in [5.41, 5.74) is 1.71. The molecule has 3 heterocycles. The lowest BCUT2D eigenvalue weighted by Gasteiger charge is -2.29. The number of nitrogens with zero attached hydrogens (tertiary/aromatic N) is 2. The third-order valence-corrected chi connectivity index (χ3v) is 5.68. The summed E-state index contributed by atoms with van der Waals surface area (Å²) in [5.74, 6) is -2.33. The molecular formula is C27H31F2N3O2. The number of halogens is 2. The number of hydrogen-bond donors (Lipinski definition) is 1. The van der Waals surface area contributed by atoms with Crippen molar-refractivity contribution in [2.24, 2.45) is 5.92 Å². The van der Waals surface area contributed by atoms with E-state index in [1.807, 2.05) is 53.7 Å². The molecule has 180 valence electrons. The molecule has 2 aromatic heterocycles. The van der Waals surface area contributed by atoms with Gasteiger partial charge in [-0.3, -0.25) is 9.59 Å². The van der Waals surface area contributed by atoms with E-state index in [9.17, 15) is 18.4 Å². The molecule has 5 nitrogen and oxygen atoms in total. The number of pyridine rings is 1. The molecule has 1 aliphatic rings. The van der Waals surface area contributed by atoms with Gasteiger partial charge in [-0.2, -0.15) is 0 Å². The van der Waals surface area contributed by atoms with E-state index in [1.165, 1.54) is 11.1 Å². The topological polar surface area (TPSA) is 66.1 Å². The Balaban J connectivity index is 0.00000158. The number of fused-ring (bicyclic) bond motifs is 3. The van der Waals surface area contributed by atoms with E-state index >= 15 is 0 Å². The maximum absolute atomic E-state index is 14.4. The number of aromatic nitrogens is 2. The molecule has 0 unspecified atom stereocenters. The number of hydrogen-bond acceptors (Lipinski definition) is 3. The van der Waals surface area contributed by atoms with Crippen LogP contribution in [0.2, 0.25) is 0 Å². The predicted octanol–water partition coefficient (Wildman–Crippen LogP) is 6.26. The Morgan fingerprint density at radius 3 is 2.53 bits per heavy atom. The van der Waals surface area contributed by atoms with Crippen molar-refractivity contribution < 1.29 is 18.4 Å². The van der Waals surface area contributed by atoms with Gasteiger partial charge in [0.15, 0.2) is 5.78 Å². The Hall–Kier alpha value is -3.35. The normalized spacial score (nSPS) is 14.7. The average molecular weight is 468 g/mol. The van der Waals surface area contributed by atoms with E-state index in [2.05, 4.69) is 9.97 Å². The van der Waals surface area contributed by atoms with Gasteiger partial charge in [-0.25, -0.2) is 13.8 Å². The summed E-state index contributed by atoms with van der Waals surface area (Å²) in [5, 5.41) is 0.873. The number of rotatable bonds is 4. The third kappa shape index (κ3) is 4.79. The van der Waals surface area contributed by atoms with Crippen molar-refractivity contribution >= 4 is 28.3 Å². The number of H-pyrrole nitrogens is 1. The number of Topliss-reactive ketones (excluding diaryl/α,β-unsaturated/α-hetero) is 1. The van der Waals surface area contributed by atoms with E-state index in [0.29, 0.717) is 29.4 Å². The first-order valence-corrected chi connectivity index (χ1v) is 11.6. The van der Waals surface area contributed by atoms with Crippen LogP contribution in [0, 0.1) is 17.6 Å². The maximum atomic E-state index is 14.4. The second-order valence-corrected chi connectivity index (χ2v) is 9.28. The van der Waals surface area contributed by atoms with Crippen molar-refractivity contribution in [1.29, 1.82) is 0 Å². The fourth-order valence-electron chi connectivity index (χ4n) is 4.34. The second-order valence-electron chi connectivity index (χ2n) is 9.28. The molecule has 0 saturated carbocycles. The van der Waals surface area contributed by atoms with E-state index < -0.39 is 23.0 Å². The molecule has 34 heavy (non-hydrogen) atoms. The summed E-state index contributed by atoms with van der Waals surface area (Å²) >= 11 is 0. The summed E-state index contributed by atoms with van der Waals surface area (Å²) < 4.78 is 27.8. The molecule has 1 aliphatic heterocycles. The third-order valence-electron chi connectivity index (χ3n) is 5.68. The second kappa shape index (κ2) is 9.87. The van der Waals surface area contributed by atoms with Crippen LogP contribution >= 0.6 is 0 Å². The van der Waals surface area contributed by atoms with Crippen LogP contribution in [-0.4, -0.2) is 33.1 Å². The Bertz CT molecular complexity index is 1260. The molecule has 1 aromatic carbocycles. The highest BCUT2D eigenvalue weighted by atomic mass is 19.1. The van der Waals surface area contributed by atoms with Gasteiger partial charge in [-0.1, -0.05) is 41.5 Å². The highest BCUT2D eigenvalue weighted by Crippen LogP contribution is 2.40. The standard InChI is InChI=1S/C25H25F2N3O2.C2H6/c1-14(2)10-20(31)18-12-30(24(32)16-8-7-15(26)11-19(16)27)13-25(3,4)21-17-6-5-9-28-23(17)29-22(18)21;1-2/h5-9,11-12,14H,10,13H2,1-4H3,(H,28,29);1-2H3. The first kappa shape index (κ1) is 25.3. The van der Waals surface area contributed by atoms with Crippen LogP contribution < -0.4 is 0 Å². The lowest BCUT2D eigenvalue weighted by atomic mass is 9.81. The number of benzene rings is 1. The predicted molar refractivity (Wildman–Crippen MR) is 130 cm³/mol. The average Bonchev–Trinajstić information content (AvgIpc) is 3.12. The van der Waals surface area contributed by atoms with Crippen LogP contribution in [-0.2, 0) is 10.2 Å². The molecule has 0 radical (unpaired) electrons. The van der Waals surface area contributed by atoms with E-state index in [0.717, 1.165) is 23.1 Å². The Morgan fingerprint density at radius 2 is 1.88 bits per heavy atom. The lowest BCUT2D eigenvalue weighted by molar-refractivity contribution is -0.114. The monoisotopic (exact) mass is 467 g/mol. The van der Waals surface area contributed by atoms with Gasteiger partial charge in [0.05, 0.1) is 16.8 Å². The van der Waals surface area contributed by atoms with Crippen molar-refractivity contribution in [2.45, 2.75) is 53.4 Å². The zero-order chi connectivity index (χ0) is 25.2. The lowest BCUT2D eigenvalue weighted by Crippen LogP contribution is -2.37. The molecule has 7 heteroatoms. The van der Waals surface area contributed by atoms with Gasteiger partial charge in [0, 0.05) is 42.2 Å². The van der Waals surface area contributed by atoms with E-state index in [-0.39, 0.29) is 23.8 Å². The SMILES string of the molecule is CC.CC(C)CC(=O)C1=CN(C(=O)c2ccc(F)cc2F)CC(C)(C)c2c1[nH]c1ncccc21. The van der Waals surface area contributed by atoms with Crippen molar-refractivity contribution in [3.63, 3.8) is 0 Å². The van der Waals surface area contributed by atoms with Gasteiger partial charge in [0.1, 0.15) is 17.3 Å². The smallest absolute Gasteiger partial charge is 0.260 e. The first-order valence-electron chi connectivity index (χ1n) is 11.6. The van der Waals surface area contributed by atoms with Gasteiger partial charge in [0.25, 0.3) is 5.91 Å². The number of allylic oxidation sites excluding steroid dienone is 1. The fraction of sp³-hybridized carbons (Fsp3) is 0.370. The van der Waals surface area contributed by atoms with Gasteiger partial charge in [-0.15, -0.1) is 0 Å². The first-order chi connectivity index (χ1) is 16.1. The summed E-state index contributed by atoms with van der Waals surface area (Å²) in [4.78, 5) is 35.6. The summed E-state index contributed by atoms with van der Waals surface area (Å²) in [7, 11) is 0. The van der Waals surface area contributed by atoms with Gasteiger partial charge in [-0.05, 0) is 35.7 Å². The number of carbonyl (C=O) groups excluding carboxylic acids is 2. The minimum Gasteiger partial charge on any atom is -0.339 e. The van der Waals surface area contributed by atoms with Gasteiger partial charge < -0.3 is 9.88 Å². The molecule has 0 fully saturated rings. The van der Waals surface area contributed by atoms with Crippen LogP contribution in [0.15, 0.2) is 42.7 Å². The van der Waals surface area contributed by atoms with Crippen LogP contribution in [0.25, 0.3) is 16.6 Å². The largest absolute Gasteiger partial charge is 0.339 e. The van der Waals surface area contributed by atoms with Gasteiger partial charge in [0.2, 0.25) is 0 Å². The molecule has 4 rings (SSSR count). The van der Waals surface area contributed by atoms with E-state index in [4.69, 9.17) is 0 Å². The number of carbonyl (C=O) groups is 2. The number of aromatic amines is 1.